The molecule has 0 aliphatic rings. The topological polar surface area (TPSA) is 182 Å². The molecule has 4 atom stereocenters. The zero-order valence-corrected chi connectivity index (χ0v) is 16.7. The number of carbonyl (C=O) groups is 5. The fraction of sp³-hybridized carbons (Fsp3) is 0.688. The van der Waals surface area contributed by atoms with Gasteiger partial charge in [0.2, 0.25) is 11.8 Å². The summed E-state index contributed by atoms with van der Waals surface area (Å²) >= 11 is 1.21. The summed E-state index contributed by atoms with van der Waals surface area (Å²) in [4.78, 5) is 58.4. The first-order valence-corrected chi connectivity index (χ1v) is 9.82. The maximum atomic E-state index is 12.5. The molecule has 0 saturated heterocycles. The predicted molar refractivity (Wildman–Crippen MR) is 101 cm³/mol. The molecule has 2 amide bonds. The Morgan fingerprint density at radius 2 is 1.64 bits per heavy atom. The molecule has 6 N–H and O–H groups in total. The second-order valence-corrected chi connectivity index (χ2v) is 7.01. The van der Waals surface area contributed by atoms with Crippen molar-refractivity contribution in [2.24, 2.45) is 5.92 Å². The largest absolute Gasteiger partial charge is 0.480 e. The highest BCUT2D eigenvalue weighted by molar-refractivity contribution is 7.98. The van der Waals surface area contributed by atoms with Crippen LogP contribution in [0.4, 0.5) is 0 Å². The van der Waals surface area contributed by atoms with Gasteiger partial charge in [-0.05, 0) is 20.2 Å². The third-order valence-electron chi connectivity index (χ3n) is 3.89. The Balaban J connectivity index is 5.15. The molecule has 0 radical (unpaired) electrons. The summed E-state index contributed by atoms with van der Waals surface area (Å²) in [5, 5.41) is 34.1. The van der Waals surface area contributed by atoms with Crippen LogP contribution in [-0.4, -0.2) is 88.6 Å². The minimum atomic E-state index is -1.81. The van der Waals surface area contributed by atoms with Gasteiger partial charge in [0.1, 0.15) is 11.8 Å². The molecule has 0 fully saturated rings. The third kappa shape index (κ3) is 9.67. The lowest BCUT2D eigenvalue weighted by atomic mass is 9.94. The number of ketones is 1. The van der Waals surface area contributed by atoms with Crippen LogP contribution in [-0.2, 0) is 24.0 Å². The molecule has 0 bridgehead atoms. The maximum Gasteiger partial charge on any atom is 0.334 e. The van der Waals surface area contributed by atoms with Crippen LogP contribution in [0.15, 0.2) is 0 Å². The first-order chi connectivity index (χ1) is 13.0. The van der Waals surface area contributed by atoms with Gasteiger partial charge in [-0.3, -0.25) is 14.4 Å². The minimum absolute atomic E-state index is 0.103. The summed E-state index contributed by atoms with van der Waals surface area (Å²) in [6, 6.07) is -1.76. The fourth-order valence-corrected chi connectivity index (χ4v) is 2.62. The minimum Gasteiger partial charge on any atom is -0.480 e. The van der Waals surface area contributed by atoms with Gasteiger partial charge in [0.15, 0.2) is 6.10 Å². The average Bonchev–Trinajstić information content (AvgIpc) is 2.63. The number of likely N-dealkylation sites (N-methyl/N-ethyl adjacent to an activating group) is 1. The molecular weight excluding hydrogens is 394 g/mol. The number of nitrogens with one attached hydrogen (secondary N) is 3. The van der Waals surface area contributed by atoms with E-state index in [1.807, 2.05) is 0 Å². The Labute approximate surface area is 166 Å². The molecule has 12 heteroatoms. The first kappa shape index (κ1) is 25.8. The van der Waals surface area contributed by atoms with Crippen molar-refractivity contribution in [1.29, 1.82) is 0 Å². The summed E-state index contributed by atoms with van der Waals surface area (Å²) in [6.07, 6.45) is -0.917. The Morgan fingerprint density at radius 3 is 2.11 bits per heavy atom. The van der Waals surface area contributed by atoms with E-state index in [1.165, 1.54) is 11.8 Å². The number of thioether (sulfide) groups is 1. The number of hydrogen-bond donors (Lipinski definition) is 6. The fourth-order valence-electron chi connectivity index (χ4n) is 2.06. The molecule has 0 heterocycles. The van der Waals surface area contributed by atoms with Crippen molar-refractivity contribution in [2.75, 3.05) is 25.6 Å². The Morgan fingerprint density at radius 1 is 1.04 bits per heavy atom. The number of carboxylic acid groups (broad SMARTS) is 2. The van der Waals surface area contributed by atoms with Crippen molar-refractivity contribution in [3.63, 3.8) is 0 Å². The lowest BCUT2D eigenvalue weighted by Gasteiger charge is -2.21. The van der Waals surface area contributed by atoms with Crippen LogP contribution in [0.2, 0.25) is 0 Å². The summed E-state index contributed by atoms with van der Waals surface area (Å²) in [5.41, 5.74) is 0. The van der Waals surface area contributed by atoms with E-state index in [4.69, 9.17) is 10.2 Å². The molecule has 0 aromatic carbocycles. The number of aliphatic hydroxyl groups is 1. The van der Waals surface area contributed by atoms with Crippen molar-refractivity contribution in [3.05, 3.63) is 0 Å². The highest BCUT2D eigenvalue weighted by atomic mass is 32.2. The van der Waals surface area contributed by atoms with Gasteiger partial charge >= 0.3 is 11.9 Å². The van der Waals surface area contributed by atoms with Gasteiger partial charge in [0.05, 0.1) is 18.5 Å². The quantitative estimate of drug-likeness (QED) is 0.184. The Hall–Kier alpha value is -2.18. The van der Waals surface area contributed by atoms with Gasteiger partial charge in [-0.25, -0.2) is 9.59 Å². The van der Waals surface area contributed by atoms with E-state index in [2.05, 4.69) is 16.0 Å². The van der Waals surface area contributed by atoms with Gasteiger partial charge in [-0.1, -0.05) is 0 Å². The third-order valence-corrected chi connectivity index (χ3v) is 4.56. The molecule has 0 rings (SSSR count). The van der Waals surface area contributed by atoms with Gasteiger partial charge in [0, 0.05) is 18.6 Å². The summed E-state index contributed by atoms with van der Waals surface area (Å²) in [5.74, 6) is -5.67. The molecule has 0 aromatic heterocycles. The second-order valence-electron chi connectivity index (χ2n) is 6.09. The van der Waals surface area contributed by atoms with Gasteiger partial charge in [-0.15, -0.1) is 0 Å². The zero-order valence-electron chi connectivity index (χ0n) is 15.9. The molecule has 4 unspecified atom stereocenters. The van der Waals surface area contributed by atoms with Crippen LogP contribution in [0.25, 0.3) is 0 Å². The predicted octanol–water partition coefficient (Wildman–Crippen LogP) is -1.95. The lowest BCUT2D eigenvalue weighted by molar-refractivity contribution is -0.146. The molecule has 0 spiro atoms. The number of amides is 2. The highest BCUT2D eigenvalue weighted by Gasteiger charge is 2.30. The van der Waals surface area contributed by atoms with Crippen LogP contribution >= 0.6 is 11.8 Å². The summed E-state index contributed by atoms with van der Waals surface area (Å²) < 4.78 is 0. The van der Waals surface area contributed by atoms with Crippen molar-refractivity contribution in [2.45, 2.75) is 38.0 Å². The van der Waals surface area contributed by atoms with Crippen LogP contribution in [0, 0.1) is 5.92 Å². The summed E-state index contributed by atoms with van der Waals surface area (Å²) in [6.45, 7) is 1.02. The van der Waals surface area contributed by atoms with E-state index in [9.17, 15) is 29.1 Å². The number of carbonyl (C=O) groups excluding carboxylic acids is 3. The van der Waals surface area contributed by atoms with Crippen LogP contribution < -0.4 is 16.0 Å². The van der Waals surface area contributed by atoms with Gasteiger partial charge < -0.3 is 31.3 Å². The molecule has 0 aliphatic heterocycles. The van der Waals surface area contributed by atoms with Gasteiger partial charge in [0.25, 0.3) is 0 Å². The lowest BCUT2D eigenvalue weighted by Crippen LogP contribution is -2.47. The Kier molecular flexibility index (Phi) is 12.1. The van der Waals surface area contributed by atoms with Crippen LogP contribution in [0.1, 0.15) is 19.8 Å². The molecule has 160 valence electrons. The van der Waals surface area contributed by atoms with Crippen molar-refractivity contribution in [1.82, 2.24) is 16.0 Å². The highest BCUT2D eigenvalue weighted by Crippen LogP contribution is 2.13. The van der Waals surface area contributed by atoms with E-state index in [1.54, 1.807) is 20.2 Å². The molecular formula is C16H27N3O8S. The van der Waals surface area contributed by atoms with Crippen LogP contribution in [0.5, 0.6) is 0 Å². The number of hydrogen-bond acceptors (Lipinski definition) is 8. The molecule has 0 aromatic rings. The molecule has 0 saturated carbocycles. The normalized spacial score (nSPS) is 15.0. The van der Waals surface area contributed by atoms with E-state index in [0.29, 0.717) is 0 Å². The first-order valence-electron chi connectivity index (χ1n) is 8.43. The van der Waals surface area contributed by atoms with E-state index >= 15 is 0 Å². The smallest absolute Gasteiger partial charge is 0.334 e. The SMILES string of the molecule is CNC(C)C(=O)CC(CC(=O)NCC(O)C(=O)O)C(=O)NC(CSC)C(=O)O. The van der Waals surface area contributed by atoms with E-state index in [-0.39, 0.29) is 18.0 Å². The average molecular weight is 421 g/mol. The number of rotatable bonds is 14. The molecule has 28 heavy (non-hydrogen) atoms. The number of aliphatic hydroxyl groups excluding tert-OH is 1. The van der Waals surface area contributed by atoms with Crippen molar-refractivity contribution in [3.8, 4) is 0 Å². The number of Topliss-reactive ketones (excluding diaryl/α,β-unsaturated/α-hetero) is 1. The van der Waals surface area contributed by atoms with Crippen LogP contribution in [0.3, 0.4) is 0 Å². The van der Waals surface area contributed by atoms with Crippen molar-refractivity contribution < 1.29 is 39.3 Å². The monoisotopic (exact) mass is 421 g/mol. The number of carboxylic acids is 2. The van der Waals surface area contributed by atoms with Gasteiger partial charge in [-0.2, -0.15) is 11.8 Å². The van der Waals surface area contributed by atoms with Crippen molar-refractivity contribution >= 4 is 41.3 Å². The summed E-state index contributed by atoms with van der Waals surface area (Å²) in [7, 11) is 1.55. The second kappa shape index (κ2) is 13.1. The van der Waals surface area contributed by atoms with E-state index in [0.717, 1.165) is 0 Å². The maximum absolute atomic E-state index is 12.5. The number of aliphatic carboxylic acids is 2. The Bertz CT molecular complexity index is 586. The molecule has 0 aliphatic carbocycles. The molecule has 11 nitrogen and oxygen atoms in total. The van der Waals surface area contributed by atoms with E-state index < -0.39 is 60.8 Å². The standard InChI is InChI=1S/C16H27N3O8S/c1-8(17-2)11(20)4-9(5-13(22)18-6-12(21)16(26)27)14(23)19-10(7-28-3)15(24)25/h8-10,12,17,21H,4-7H2,1-3H3,(H,18,22)(H,19,23)(H,24,25)(H,26,27). The zero-order chi connectivity index (χ0) is 21.9.